The van der Waals surface area contributed by atoms with Gasteiger partial charge in [-0.2, -0.15) is 0 Å². The molecule has 0 N–H and O–H groups in total. The molecule has 1 saturated carbocycles. The van der Waals surface area contributed by atoms with Crippen LogP contribution in [0.25, 0.3) is 0 Å². The van der Waals surface area contributed by atoms with Gasteiger partial charge in [0.1, 0.15) is 11.2 Å². The molecule has 4 nitrogen and oxygen atoms in total. The highest BCUT2D eigenvalue weighted by atomic mass is 16.6. The highest BCUT2D eigenvalue weighted by Crippen LogP contribution is 2.72. The number of cyclic esters (lactones) is 1. The van der Waals surface area contributed by atoms with Crippen LogP contribution in [0.15, 0.2) is 47.7 Å². The van der Waals surface area contributed by atoms with Crippen molar-refractivity contribution in [1.82, 2.24) is 0 Å². The lowest BCUT2D eigenvalue weighted by molar-refractivity contribution is -0.152. The van der Waals surface area contributed by atoms with Gasteiger partial charge in [-0.3, -0.25) is 0 Å². The number of rotatable bonds is 4. The van der Waals surface area contributed by atoms with Gasteiger partial charge in [-0.25, -0.2) is 9.59 Å². The van der Waals surface area contributed by atoms with Crippen molar-refractivity contribution in [2.45, 2.75) is 58.0 Å². The van der Waals surface area contributed by atoms with E-state index < -0.39 is 11.0 Å². The van der Waals surface area contributed by atoms with Crippen molar-refractivity contribution in [2.75, 3.05) is 0 Å². The predicted molar refractivity (Wildman–Crippen MR) is 104 cm³/mol. The number of allylic oxidation sites excluding steroid dienone is 2. The van der Waals surface area contributed by atoms with Gasteiger partial charge >= 0.3 is 11.9 Å². The summed E-state index contributed by atoms with van der Waals surface area (Å²) in [7, 11) is 0. The van der Waals surface area contributed by atoms with Crippen LogP contribution in [0.2, 0.25) is 0 Å². The van der Waals surface area contributed by atoms with Gasteiger partial charge in [-0.05, 0) is 43.7 Å². The van der Waals surface area contributed by atoms with E-state index in [2.05, 4.69) is 26.0 Å². The molecule has 2 spiro atoms. The molecular formula is C24H26O4. The van der Waals surface area contributed by atoms with Gasteiger partial charge < -0.3 is 9.47 Å². The van der Waals surface area contributed by atoms with Crippen LogP contribution >= 0.6 is 0 Å². The molecule has 3 aliphatic carbocycles. The second-order valence-corrected chi connectivity index (χ2v) is 8.50. The van der Waals surface area contributed by atoms with Crippen LogP contribution < -0.4 is 0 Å². The summed E-state index contributed by atoms with van der Waals surface area (Å²) >= 11 is 0. The first-order valence-electron chi connectivity index (χ1n) is 10.6. The minimum Gasteiger partial charge on any atom is -0.449 e. The van der Waals surface area contributed by atoms with E-state index in [1.54, 1.807) is 0 Å². The van der Waals surface area contributed by atoms with Crippen LogP contribution in [-0.2, 0) is 19.9 Å². The van der Waals surface area contributed by atoms with Gasteiger partial charge in [0.25, 0.3) is 0 Å². The lowest BCUT2D eigenvalue weighted by Crippen LogP contribution is -2.59. The molecule has 1 aromatic rings. The fourth-order valence-electron chi connectivity index (χ4n) is 6.26. The molecule has 2 aliphatic heterocycles. The molecule has 1 aromatic carbocycles. The number of carbonyl (C=O) groups is 2. The topological polar surface area (TPSA) is 52.6 Å². The van der Waals surface area contributed by atoms with Gasteiger partial charge in [-0.1, -0.05) is 51.0 Å². The van der Waals surface area contributed by atoms with Gasteiger partial charge in [0.2, 0.25) is 0 Å². The normalized spacial score (nSPS) is 36.4. The van der Waals surface area contributed by atoms with E-state index in [0.717, 1.165) is 44.1 Å². The Morgan fingerprint density at radius 2 is 1.96 bits per heavy atom. The van der Waals surface area contributed by atoms with E-state index >= 15 is 0 Å². The van der Waals surface area contributed by atoms with Crippen molar-refractivity contribution in [3.8, 4) is 0 Å². The standard InChI is InChI=1S/C24H26O4/c1-3-5-11-20-23-13-12-15(14-19(23)22(26)27-20)17(8-4-2)24(23)18-10-7-6-9-16(18)21(25)28-24/h6-7,9-11,14-15,17H,3-5,8,12-13H2,1-2H3/b20-11-/t15?,17-,23?,24+/m1/s1. The molecule has 5 aliphatic rings. The van der Waals surface area contributed by atoms with E-state index in [1.165, 1.54) is 0 Å². The molecule has 2 heterocycles. The van der Waals surface area contributed by atoms with Crippen LogP contribution in [0.4, 0.5) is 0 Å². The molecule has 0 amide bonds. The van der Waals surface area contributed by atoms with Crippen molar-refractivity contribution in [3.63, 3.8) is 0 Å². The molecular weight excluding hydrogens is 352 g/mol. The monoisotopic (exact) mass is 378 g/mol. The Labute approximate surface area is 165 Å². The number of benzene rings is 1. The fourth-order valence-corrected chi connectivity index (χ4v) is 6.26. The average Bonchev–Trinajstić information content (AvgIpc) is 3.17. The van der Waals surface area contributed by atoms with Crippen molar-refractivity contribution >= 4 is 11.9 Å². The molecule has 146 valence electrons. The van der Waals surface area contributed by atoms with Crippen molar-refractivity contribution < 1.29 is 19.1 Å². The zero-order valence-electron chi connectivity index (χ0n) is 16.5. The summed E-state index contributed by atoms with van der Waals surface area (Å²) in [6, 6.07) is 7.73. The summed E-state index contributed by atoms with van der Waals surface area (Å²) in [6.45, 7) is 4.28. The zero-order valence-corrected chi connectivity index (χ0v) is 16.5. The molecule has 4 atom stereocenters. The van der Waals surface area contributed by atoms with Gasteiger partial charge in [0.15, 0.2) is 5.60 Å². The second-order valence-electron chi connectivity index (χ2n) is 8.50. The minimum atomic E-state index is -0.838. The number of fused-ring (bicyclic) bond motifs is 2. The summed E-state index contributed by atoms with van der Waals surface area (Å²) in [5.41, 5.74) is 0.766. The third-order valence-corrected chi connectivity index (χ3v) is 7.23. The van der Waals surface area contributed by atoms with E-state index in [9.17, 15) is 9.59 Å². The predicted octanol–water partition coefficient (Wildman–Crippen LogP) is 5.05. The van der Waals surface area contributed by atoms with E-state index in [-0.39, 0.29) is 23.8 Å². The first-order chi connectivity index (χ1) is 13.6. The molecule has 6 rings (SSSR count). The van der Waals surface area contributed by atoms with E-state index in [4.69, 9.17) is 9.47 Å². The molecule has 28 heavy (non-hydrogen) atoms. The van der Waals surface area contributed by atoms with Gasteiger partial charge in [0.05, 0.1) is 11.1 Å². The van der Waals surface area contributed by atoms with Crippen LogP contribution in [0.3, 0.4) is 0 Å². The highest BCUT2D eigenvalue weighted by Gasteiger charge is 2.75. The first kappa shape index (κ1) is 17.7. The van der Waals surface area contributed by atoms with Gasteiger partial charge in [-0.15, -0.1) is 0 Å². The van der Waals surface area contributed by atoms with Crippen LogP contribution in [0, 0.1) is 17.3 Å². The average molecular weight is 378 g/mol. The summed E-state index contributed by atoms with van der Waals surface area (Å²) in [6.07, 6.45) is 9.74. The Morgan fingerprint density at radius 1 is 1.14 bits per heavy atom. The molecule has 0 radical (unpaired) electrons. The minimum absolute atomic E-state index is 0.155. The number of esters is 2. The maximum absolute atomic E-state index is 13.0. The Kier molecular flexibility index (Phi) is 3.84. The molecule has 1 saturated heterocycles. The lowest BCUT2D eigenvalue weighted by Gasteiger charge is -2.58. The van der Waals surface area contributed by atoms with Crippen molar-refractivity contribution in [3.05, 3.63) is 58.9 Å². The Balaban J connectivity index is 1.83. The van der Waals surface area contributed by atoms with E-state index in [1.807, 2.05) is 24.3 Å². The Bertz CT molecular complexity index is 926. The number of ether oxygens (including phenoxy) is 2. The molecule has 2 bridgehead atoms. The lowest BCUT2D eigenvalue weighted by atomic mass is 9.46. The van der Waals surface area contributed by atoms with Crippen LogP contribution in [-0.4, -0.2) is 11.9 Å². The number of hydrogen-bond donors (Lipinski definition) is 0. The summed E-state index contributed by atoms with van der Waals surface area (Å²) in [4.78, 5) is 25.9. The highest BCUT2D eigenvalue weighted by molar-refractivity contribution is 5.99. The van der Waals surface area contributed by atoms with E-state index in [0.29, 0.717) is 16.9 Å². The quantitative estimate of drug-likeness (QED) is 0.688. The third kappa shape index (κ3) is 1.91. The smallest absolute Gasteiger partial charge is 0.340 e. The number of hydrogen-bond acceptors (Lipinski definition) is 4. The van der Waals surface area contributed by atoms with Crippen LogP contribution in [0.1, 0.15) is 68.3 Å². The fraction of sp³-hybridized carbons (Fsp3) is 0.500. The Morgan fingerprint density at radius 3 is 2.75 bits per heavy atom. The van der Waals surface area contributed by atoms with Crippen LogP contribution in [0.5, 0.6) is 0 Å². The second kappa shape index (κ2) is 6.07. The maximum Gasteiger partial charge on any atom is 0.340 e. The number of unbranched alkanes of at least 4 members (excludes halogenated alkanes) is 1. The number of carbonyl (C=O) groups excluding carboxylic acids is 2. The SMILES string of the molecule is CCC/C=C1\OC(=O)C2=CC3CCC21[C@]1(OC(=O)c2ccccc21)[C@@H]3CCC. The van der Waals surface area contributed by atoms with Crippen molar-refractivity contribution in [1.29, 1.82) is 0 Å². The zero-order chi connectivity index (χ0) is 19.5. The summed E-state index contributed by atoms with van der Waals surface area (Å²) in [5, 5.41) is 0. The summed E-state index contributed by atoms with van der Waals surface area (Å²) in [5.74, 6) is 0.555. The largest absolute Gasteiger partial charge is 0.449 e. The van der Waals surface area contributed by atoms with Crippen molar-refractivity contribution in [2.24, 2.45) is 17.3 Å². The summed E-state index contributed by atoms with van der Waals surface area (Å²) < 4.78 is 12.2. The van der Waals surface area contributed by atoms with Gasteiger partial charge in [0, 0.05) is 11.5 Å². The molecule has 2 fully saturated rings. The third-order valence-electron chi connectivity index (χ3n) is 7.23. The molecule has 0 aromatic heterocycles. The Hall–Kier alpha value is -2.36. The molecule has 4 heteroatoms. The maximum atomic E-state index is 13.0. The first-order valence-corrected chi connectivity index (χ1v) is 10.6. The molecule has 2 unspecified atom stereocenters.